The van der Waals surface area contributed by atoms with Crippen molar-refractivity contribution in [1.82, 2.24) is 14.9 Å². The van der Waals surface area contributed by atoms with E-state index >= 15 is 0 Å². The number of hydrogen-bond acceptors (Lipinski definition) is 6. The second-order valence-electron chi connectivity index (χ2n) is 6.29. The van der Waals surface area contributed by atoms with E-state index in [1.54, 1.807) is 4.90 Å². The van der Waals surface area contributed by atoms with Crippen molar-refractivity contribution < 1.29 is 19.4 Å². The molecular weight excluding hydrogens is 286 g/mol. The Balaban J connectivity index is 1.80. The van der Waals surface area contributed by atoms with Gasteiger partial charge in [-0.05, 0) is 20.8 Å². The Bertz CT molecular complexity index is 491. The summed E-state index contributed by atoms with van der Waals surface area (Å²) in [6.45, 7) is 6.63. The molecular formula is C15H23N3O4. The van der Waals surface area contributed by atoms with E-state index in [0.717, 1.165) is 12.8 Å². The maximum absolute atomic E-state index is 12.0. The Morgan fingerprint density at radius 3 is 2.50 bits per heavy atom. The number of hydrogen-bond donors (Lipinski definition) is 1. The van der Waals surface area contributed by atoms with Crippen LogP contribution in [0.3, 0.4) is 0 Å². The lowest BCUT2D eigenvalue weighted by Crippen LogP contribution is -2.44. The molecule has 7 nitrogen and oxygen atoms in total. The zero-order chi connectivity index (χ0) is 16.2. The van der Waals surface area contributed by atoms with Gasteiger partial charge in [-0.25, -0.2) is 9.78 Å². The number of carbonyl (C=O) groups is 1. The highest BCUT2D eigenvalue weighted by molar-refractivity contribution is 5.68. The summed E-state index contributed by atoms with van der Waals surface area (Å²) in [5, 5.41) is 8.92. The summed E-state index contributed by atoms with van der Waals surface area (Å²) in [7, 11) is 0. The molecule has 0 aliphatic carbocycles. The molecule has 2 rings (SSSR count). The van der Waals surface area contributed by atoms with Crippen molar-refractivity contribution in [1.29, 1.82) is 0 Å². The Kier molecular flexibility index (Phi) is 5.18. The molecule has 1 aliphatic rings. The summed E-state index contributed by atoms with van der Waals surface area (Å²) in [5.74, 6) is 0.438. The molecule has 2 heterocycles. The smallest absolute Gasteiger partial charge is 0.410 e. The number of aliphatic hydroxyl groups is 1. The minimum atomic E-state index is -0.478. The van der Waals surface area contributed by atoms with Crippen LogP contribution in [0.15, 0.2) is 12.4 Å². The molecule has 1 N–H and O–H groups in total. The fourth-order valence-electron chi connectivity index (χ4n) is 2.14. The third-order valence-corrected chi connectivity index (χ3v) is 3.22. The normalized spacial score (nSPS) is 16.5. The molecule has 0 saturated carbocycles. The highest BCUT2D eigenvalue weighted by atomic mass is 16.6. The third kappa shape index (κ3) is 4.84. The molecule has 22 heavy (non-hydrogen) atoms. The van der Waals surface area contributed by atoms with Crippen LogP contribution in [0.1, 0.15) is 39.3 Å². The SMILES string of the molecule is CC(C)(C)OC(=O)N1CCC(Oc2cnc(CO)cn2)CC1. The van der Waals surface area contributed by atoms with E-state index in [2.05, 4.69) is 9.97 Å². The molecule has 0 radical (unpaired) electrons. The van der Waals surface area contributed by atoms with Crippen LogP contribution in [0.5, 0.6) is 5.88 Å². The molecule has 1 aliphatic heterocycles. The highest BCUT2D eigenvalue weighted by Crippen LogP contribution is 2.19. The molecule has 1 fully saturated rings. The van der Waals surface area contributed by atoms with Crippen molar-refractivity contribution in [3.05, 3.63) is 18.1 Å². The lowest BCUT2D eigenvalue weighted by atomic mass is 10.1. The first-order valence-corrected chi connectivity index (χ1v) is 7.44. The van der Waals surface area contributed by atoms with Crippen molar-refractivity contribution >= 4 is 6.09 Å². The van der Waals surface area contributed by atoms with Crippen LogP contribution in [-0.4, -0.2) is 50.9 Å². The van der Waals surface area contributed by atoms with Crippen molar-refractivity contribution in [2.45, 2.75) is 51.9 Å². The number of carbonyl (C=O) groups excluding carboxylic acids is 1. The van der Waals surface area contributed by atoms with E-state index in [-0.39, 0.29) is 18.8 Å². The summed E-state index contributed by atoms with van der Waals surface area (Å²) in [6.07, 6.45) is 4.17. The van der Waals surface area contributed by atoms with Crippen LogP contribution in [-0.2, 0) is 11.3 Å². The van der Waals surface area contributed by atoms with Gasteiger partial charge in [-0.3, -0.25) is 4.98 Å². The predicted octanol–water partition coefficient (Wildman–Crippen LogP) is 1.75. The van der Waals surface area contributed by atoms with Crippen LogP contribution in [0.25, 0.3) is 0 Å². The van der Waals surface area contributed by atoms with Crippen molar-refractivity contribution in [3.63, 3.8) is 0 Å². The molecule has 1 amide bonds. The summed E-state index contributed by atoms with van der Waals surface area (Å²) >= 11 is 0. The molecule has 122 valence electrons. The van der Waals surface area contributed by atoms with E-state index < -0.39 is 5.60 Å². The van der Waals surface area contributed by atoms with Crippen LogP contribution < -0.4 is 4.74 Å². The van der Waals surface area contributed by atoms with Gasteiger partial charge in [0.2, 0.25) is 5.88 Å². The fraction of sp³-hybridized carbons (Fsp3) is 0.667. The van der Waals surface area contributed by atoms with Gasteiger partial charge >= 0.3 is 6.09 Å². The molecule has 0 aromatic carbocycles. The highest BCUT2D eigenvalue weighted by Gasteiger charge is 2.27. The predicted molar refractivity (Wildman–Crippen MR) is 79.4 cm³/mol. The molecule has 0 bridgehead atoms. The van der Waals surface area contributed by atoms with Crippen LogP contribution in [0.4, 0.5) is 4.79 Å². The van der Waals surface area contributed by atoms with Gasteiger partial charge in [-0.1, -0.05) is 0 Å². The Morgan fingerprint density at radius 2 is 2.00 bits per heavy atom. The van der Waals surface area contributed by atoms with Crippen molar-refractivity contribution in [2.24, 2.45) is 0 Å². The van der Waals surface area contributed by atoms with E-state index in [4.69, 9.17) is 14.6 Å². The van der Waals surface area contributed by atoms with Crippen LogP contribution in [0.2, 0.25) is 0 Å². The second-order valence-corrected chi connectivity index (χ2v) is 6.29. The molecule has 1 aromatic heterocycles. The van der Waals surface area contributed by atoms with E-state index in [9.17, 15) is 4.79 Å². The molecule has 1 saturated heterocycles. The Hall–Kier alpha value is -1.89. The summed E-state index contributed by atoms with van der Waals surface area (Å²) in [5.41, 5.74) is 0.0289. The van der Waals surface area contributed by atoms with E-state index in [1.165, 1.54) is 12.4 Å². The summed E-state index contributed by atoms with van der Waals surface area (Å²) in [4.78, 5) is 21.8. The lowest BCUT2D eigenvalue weighted by Gasteiger charge is -2.33. The molecule has 1 aromatic rings. The van der Waals surface area contributed by atoms with Crippen molar-refractivity contribution in [2.75, 3.05) is 13.1 Å². The van der Waals surface area contributed by atoms with Gasteiger partial charge in [-0.15, -0.1) is 0 Å². The number of piperidine rings is 1. The number of likely N-dealkylation sites (tertiary alicyclic amines) is 1. The number of amides is 1. The average Bonchev–Trinajstić information content (AvgIpc) is 2.47. The first kappa shape index (κ1) is 16.5. The fourth-order valence-corrected chi connectivity index (χ4v) is 2.14. The van der Waals surface area contributed by atoms with Gasteiger partial charge in [0.15, 0.2) is 0 Å². The number of nitrogens with zero attached hydrogens (tertiary/aromatic N) is 3. The van der Waals surface area contributed by atoms with Gasteiger partial charge in [0.1, 0.15) is 11.7 Å². The van der Waals surface area contributed by atoms with Gasteiger partial charge in [0.25, 0.3) is 0 Å². The van der Waals surface area contributed by atoms with Crippen LogP contribution in [0, 0.1) is 0 Å². The van der Waals surface area contributed by atoms with E-state index in [0.29, 0.717) is 24.7 Å². The monoisotopic (exact) mass is 309 g/mol. The zero-order valence-corrected chi connectivity index (χ0v) is 13.3. The number of rotatable bonds is 3. The van der Waals surface area contributed by atoms with Gasteiger partial charge in [0.05, 0.1) is 24.7 Å². The average molecular weight is 309 g/mol. The van der Waals surface area contributed by atoms with Gasteiger partial charge in [0, 0.05) is 25.9 Å². The van der Waals surface area contributed by atoms with Crippen molar-refractivity contribution in [3.8, 4) is 5.88 Å². The molecule has 0 spiro atoms. The molecule has 0 unspecified atom stereocenters. The minimum Gasteiger partial charge on any atom is -0.473 e. The summed E-state index contributed by atoms with van der Waals surface area (Å²) in [6, 6.07) is 0. The first-order valence-electron chi connectivity index (χ1n) is 7.44. The summed E-state index contributed by atoms with van der Waals surface area (Å²) < 4.78 is 11.1. The largest absolute Gasteiger partial charge is 0.473 e. The standard InChI is InChI=1S/C15H23N3O4/c1-15(2,3)22-14(20)18-6-4-12(5-7-18)21-13-9-16-11(10-19)8-17-13/h8-9,12,19H,4-7,10H2,1-3H3. The lowest BCUT2D eigenvalue weighted by molar-refractivity contribution is 0.0122. The number of aromatic nitrogens is 2. The zero-order valence-electron chi connectivity index (χ0n) is 13.3. The topological polar surface area (TPSA) is 84.8 Å². The quantitative estimate of drug-likeness (QED) is 0.915. The number of ether oxygens (including phenoxy) is 2. The third-order valence-electron chi connectivity index (χ3n) is 3.22. The Morgan fingerprint density at radius 1 is 1.32 bits per heavy atom. The molecule has 0 atom stereocenters. The molecule has 7 heteroatoms. The number of aliphatic hydroxyl groups excluding tert-OH is 1. The first-order chi connectivity index (χ1) is 10.4. The van der Waals surface area contributed by atoms with Gasteiger partial charge < -0.3 is 19.5 Å². The van der Waals surface area contributed by atoms with E-state index in [1.807, 2.05) is 20.8 Å². The Labute approximate surface area is 130 Å². The minimum absolute atomic E-state index is 0.00737. The maximum Gasteiger partial charge on any atom is 0.410 e. The maximum atomic E-state index is 12.0. The van der Waals surface area contributed by atoms with Crippen LogP contribution >= 0.6 is 0 Å². The van der Waals surface area contributed by atoms with Gasteiger partial charge in [-0.2, -0.15) is 0 Å². The second kappa shape index (κ2) is 6.91.